The van der Waals surface area contributed by atoms with E-state index < -0.39 is 0 Å². The van der Waals surface area contributed by atoms with E-state index in [4.69, 9.17) is 4.74 Å². The molecule has 0 aliphatic carbocycles. The molecule has 1 aromatic carbocycles. The molecule has 16 heavy (non-hydrogen) atoms. The molecule has 0 spiro atoms. The van der Waals surface area contributed by atoms with Crippen LogP contribution in [-0.4, -0.2) is 25.1 Å². The summed E-state index contributed by atoms with van der Waals surface area (Å²) in [7, 11) is 1.72. The van der Waals surface area contributed by atoms with Crippen LogP contribution >= 0.6 is 12.4 Å². The van der Waals surface area contributed by atoms with Crippen molar-refractivity contribution in [3.63, 3.8) is 0 Å². The lowest BCUT2D eigenvalue weighted by Crippen LogP contribution is -2.19. The molecule has 2 fully saturated rings. The summed E-state index contributed by atoms with van der Waals surface area (Å²) in [6, 6.07) is 9.29. The van der Waals surface area contributed by atoms with Crippen molar-refractivity contribution in [3.05, 3.63) is 29.8 Å². The first kappa shape index (κ1) is 11.7. The van der Waals surface area contributed by atoms with Gasteiger partial charge in [0.05, 0.1) is 7.11 Å². The normalized spacial score (nSPS) is 31.2. The Bertz CT molecular complexity index is 331. The van der Waals surface area contributed by atoms with Gasteiger partial charge in [0.25, 0.3) is 0 Å². The molecule has 2 nitrogen and oxygen atoms in total. The SMILES string of the molecule is COc1ccc(C2C3CCN2CC3)cc1.Cl. The highest BCUT2D eigenvalue weighted by Crippen LogP contribution is 2.44. The summed E-state index contributed by atoms with van der Waals surface area (Å²) in [5.74, 6) is 1.86. The van der Waals surface area contributed by atoms with Gasteiger partial charge in [0, 0.05) is 6.04 Å². The van der Waals surface area contributed by atoms with Crippen LogP contribution in [-0.2, 0) is 0 Å². The summed E-state index contributed by atoms with van der Waals surface area (Å²) < 4.78 is 5.19. The summed E-state index contributed by atoms with van der Waals surface area (Å²) in [5.41, 5.74) is 1.47. The van der Waals surface area contributed by atoms with Crippen molar-refractivity contribution < 1.29 is 4.74 Å². The number of hydrogen-bond acceptors (Lipinski definition) is 2. The third kappa shape index (κ3) is 1.80. The number of ether oxygens (including phenoxy) is 1. The van der Waals surface area contributed by atoms with E-state index in [2.05, 4.69) is 29.2 Å². The van der Waals surface area contributed by atoms with E-state index in [0.29, 0.717) is 6.04 Å². The van der Waals surface area contributed by atoms with E-state index in [1.165, 1.54) is 31.5 Å². The Hall–Kier alpha value is -0.730. The molecule has 88 valence electrons. The second-order valence-corrected chi connectivity index (χ2v) is 4.59. The molecule has 2 aliphatic rings. The largest absolute Gasteiger partial charge is 0.497 e. The summed E-state index contributed by atoms with van der Waals surface area (Å²) in [6.45, 7) is 2.59. The zero-order valence-corrected chi connectivity index (χ0v) is 10.4. The summed E-state index contributed by atoms with van der Waals surface area (Å²) >= 11 is 0. The molecule has 0 amide bonds. The smallest absolute Gasteiger partial charge is 0.118 e. The van der Waals surface area contributed by atoms with Crippen LogP contribution in [0, 0.1) is 5.92 Å². The van der Waals surface area contributed by atoms with Gasteiger partial charge in [-0.15, -0.1) is 12.4 Å². The lowest BCUT2D eigenvalue weighted by Gasteiger charge is -2.19. The quantitative estimate of drug-likeness (QED) is 0.787. The van der Waals surface area contributed by atoms with Gasteiger partial charge in [-0.1, -0.05) is 12.1 Å². The Morgan fingerprint density at radius 3 is 2.19 bits per heavy atom. The molecule has 0 aromatic heterocycles. The zero-order chi connectivity index (χ0) is 10.3. The maximum Gasteiger partial charge on any atom is 0.118 e. The maximum absolute atomic E-state index is 5.19. The molecule has 0 radical (unpaired) electrons. The average molecular weight is 240 g/mol. The van der Waals surface area contributed by atoms with Crippen molar-refractivity contribution in [2.45, 2.75) is 18.9 Å². The third-order valence-corrected chi connectivity index (χ3v) is 3.87. The first-order valence-corrected chi connectivity index (χ1v) is 5.76. The van der Waals surface area contributed by atoms with Crippen molar-refractivity contribution in [2.24, 2.45) is 5.92 Å². The number of rotatable bonds is 2. The van der Waals surface area contributed by atoms with Gasteiger partial charge < -0.3 is 4.74 Å². The minimum Gasteiger partial charge on any atom is -0.497 e. The van der Waals surface area contributed by atoms with Gasteiger partial charge in [0.2, 0.25) is 0 Å². The van der Waals surface area contributed by atoms with Crippen molar-refractivity contribution in [3.8, 4) is 5.75 Å². The topological polar surface area (TPSA) is 12.5 Å². The van der Waals surface area contributed by atoms with Gasteiger partial charge in [0.1, 0.15) is 5.75 Å². The second kappa shape index (κ2) is 4.64. The van der Waals surface area contributed by atoms with Gasteiger partial charge in [-0.2, -0.15) is 0 Å². The van der Waals surface area contributed by atoms with E-state index in [9.17, 15) is 0 Å². The molecule has 2 aliphatic heterocycles. The monoisotopic (exact) mass is 239 g/mol. The van der Waals surface area contributed by atoms with E-state index in [1.54, 1.807) is 7.11 Å². The van der Waals surface area contributed by atoms with Crippen LogP contribution in [0.3, 0.4) is 0 Å². The van der Waals surface area contributed by atoms with Crippen LogP contribution in [0.2, 0.25) is 0 Å². The Kier molecular flexibility index (Phi) is 3.41. The highest BCUT2D eigenvalue weighted by Gasteiger charge is 2.40. The van der Waals surface area contributed by atoms with Gasteiger partial charge in [-0.25, -0.2) is 0 Å². The van der Waals surface area contributed by atoms with Crippen LogP contribution < -0.4 is 4.74 Å². The molecular formula is C13H18ClNO. The highest BCUT2D eigenvalue weighted by atomic mass is 35.5. The fourth-order valence-electron chi connectivity index (χ4n) is 3.10. The van der Waals surface area contributed by atoms with Crippen LogP contribution in [0.5, 0.6) is 5.75 Å². The van der Waals surface area contributed by atoms with E-state index in [-0.39, 0.29) is 12.4 Å². The molecule has 2 bridgehead atoms. The summed E-state index contributed by atoms with van der Waals surface area (Å²) in [4.78, 5) is 2.62. The van der Waals surface area contributed by atoms with Crippen LogP contribution in [0.25, 0.3) is 0 Å². The molecule has 0 saturated carbocycles. The minimum atomic E-state index is 0. The molecule has 1 unspecified atom stereocenters. The Balaban J connectivity index is 0.000000963. The summed E-state index contributed by atoms with van der Waals surface area (Å²) in [5, 5.41) is 0. The molecule has 1 aromatic rings. The van der Waals surface area contributed by atoms with Crippen molar-refractivity contribution in [1.29, 1.82) is 0 Å². The molecule has 2 saturated heterocycles. The molecular weight excluding hydrogens is 222 g/mol. The molecule has 3 rings (SSSR count). The predicted octanol–water partition coefficient (Wildman–Crippen LogP) is 2.88. The lowest BCUT2D eigenvalue weighted by molar-refractivity contribution is 0.305. The number of methoxy groups -OCH3 is 1. The maximum atomic E-state index is 5.19. The highest BCUT2D eigenvalue weighted by molar-refractivity contribution is 5.85. The van der Waals surface area contributed by atoms with E-state index in [0.717, 1.165) is 11.7 Å². The number of piperidine rings is 1. The molecule has 1 atom stereocenters. The number of nitrogens with zero attached hydrogens (tertiary/aromatic N) is 1. The predicted molar refractivity (Wildman–Crippen MR) is 67.3 cm³/mol. The number of hydrogen-bond donors (Lipinski definition) is 0. The van der Waals surface area contributed by atoms with Crippen LogP contribution in [0.4, 0.5) is 0 Å². The van der Waals surface area contributed by atoms with Crippen LogP contribution in [0.1, 0.15) is 24.4 Å². The standard InChI is InChI=1S/C13H17NO.ClH/c1-15-12-4-2-10(3-5-12)13-11-6-8-14(13)9-7-11;/h2-5,11,13H,6-9H2,1H3;1H. The van der Waals surface area contributed by atoms with Gasteiger partial charge in [0.15, 0.2) is 0 Å². The number of benzene rings is 1. The third-order valence-electron chi connectivity index (χ3n) is 3.87. The zero-order valence-electron chi connectivity index (χ0n) is 9.56. The first-order valence-electron chi connectivity index (χ1n) is 5.76. The lowest BCUT2D eigenvalue weighted by atomic mass is 9.94. The molecule has 3 heteroatoms. The van der Waals surface area contributed by atoms with E-state index in [1.807, 2.05) is 0 Å². The van der Waals surface area contributed by atoms with Gasteiger partial charge in [-0.3, -0.25) is 4.90 Å². The van der Waals surface area contributed by atoms with Crippen LogP contribution in [0.15, 0.2) is 24.3 Å². The molecule has 0 N–H and O–H groups in total. The van der Waals surface area contributed by atoms with Gasteiger partial charge in [-0.05, 0) is 49.5 Å². The Morgan fingerprint density at radius 2 is 1.75 bits per heavy atom. The fraction of sp³-hybridized carbons (Fsp3) is 0.538. The van der Waals surface area contributed by atoms with Crippen molar-refractivity contribution in [2.75, 3.05) is 20.2 Å². The van der Waals surface area contributed by atoms with Gasteiger partial charge >= 0.3 is 0 Å². The summed E-state index contributed by atoms with van der Waals surface area (Å²) in [6.07, 6.45) is 2.77. The number of halogens is 1. The molecule has 2 heterocycles. The fourth-order valence-corrected chi connectivity index (χ4v) is 3.10. The first-order chi connectivity index (χ1) is 7.38. The number of fused-ring (bicyclic) bond motifs is 2. The van der Waals surface area contributed by atoms with E-state index >= 15 is 0 Å². The second-order valence-electron chi connectivity index (χ2n) is 4.59. The minimum absolute atomic E-state index is 0. The van der Waals surface area contributed by atoms with Crippen molar-refractivity contribution in [1.82, 2.24) is 4.90 Å². The Labute approximate surface area is 103 Å². The Morgan fingerprint density at radius 1 is 1.12 bits per heavy atom. The average Bonchev–Trinajstić information content (AvgIpc) is 2.89. The van der Waals surface area contributed by atoms with Crippen molar-refractivity contribution >= 4 is 12.4 Å².